The SMILES string of the molecule is Cc1ccc(S(=O)(=O)N[C@@H]2c3ccccc3C[C@@H]2OC(=O)[C@H](C)[C@H](O)/C=C/c2ccccc2)cc1. The van der Waals surface area contributed by atoms with Gasteiger partial charge in [0.25, 0.3) is 0 Å². The van der Waals surface area contributed by atoms with E-state index in [4.69, 9.17) is 4.74 Å². The van der Waals surface area contributed by atoms with E-state index in [1.807, 2.05) is 61.5 Å². The van der Waals surface area contributed by atoms with Crippen LogP contribution in [-0.4, -0.2) is 31.7 Å². The van der Waals surface area contributed by atoms with Gasteiger partial charge in [0.2, 0.25) is 10.0 Å². The molecule has 4 atom stereocenters. The molecule has 0 heterocycles. The van der Waals surface area contributed by atoms with Gasteiger partial charge in [0.1, 0.15) is 6.10 Å². The highest BCUT2D eigenvalue weighted by molar-refractivity contribution is 7.89. The quantitative estimate of drug-likeness (QED) is 0.461. The fourth-order valence-electron chi connectivity index (χ4n) is 4.10. The Morgan fingerprint density at radius 1 is 1.03 bits per heavy atom. The number of aliphatic hydroxyl groups excluding tert-OH is 1. The van der Waals surface area contributed by atoms with Gasteiger partial charge >= 0.3 is 5.97 Å². The minimum atomic E-state index is -3.85. The lowest BCUT2D eigenvalue weighted by Crippen LogP contribution is -2.38. The number of benzene rings is 3. The number of esters is 1. The van der Waals surface area contributed by atoms with Gasteiger partial charge in [0.15, 0.2) is 0 Å². The van der Waals surface area contributed by atoms with E-state index in [0.29, 0.717) is 6.42 Å². The number of nitrogens with one attached hydrogen (secondary N) is 1. The molecule has 6 nitrogen and oxygen atoms in total. The molecular formula is C28H29NO5S. The second kappa shape index (κ2) is 10.6. The first kappa shape index (κ1) is 24.9. The Kier molecular flexibility index (Phi) is 7.50. The molecule has 0 aliphatic heterocycles. The summed E-state index contributed by atoms with van der Waals surface area (Å²) in [7, 11) is -3.85. The second-order valence-electron chi connectivity index (χ2n) is 8.84. The van der Waals surface area contributed by atoms with Crippen molar-refractivity contribution in [1.82, 2.24) is 4.72 Å². The van der Waals surface area contributed by atoms with E-state index >= 15 is 0 Å². The summed E-state index contributed by atoms with van der Waals surface area (Å²) >= 11 is 0. The lowest BCUT2D eigenvalue weighted by atomic mass is 10.0. The van der Waals surface area contributed by atoms with Crippen molar-refractivity contribution in [2.75, 3.05) is 0 Å². The average Bonchev–Trinajstić information content (AvgIpc) is 3.19. The highest BCUT2D eigenvalue weighted by Crippen LogP contribution is 2.35. The van der Waals surface area contributed by atoms with Gasteiger partial charge in [0, 0.05) is 6.42 Å². The van der Waals surface area contributed by atoms with Crippen LogP contribution < -0.4 is 4.72 Å². The molecule has 0 aromatic heterocycles. The Hall–Kier alpha value is -3.26. The monoisotopic (exact) mass is 491 g/mol. The number of fused-ring (bicyclic) bond motifs is 1. The van der Waals surface area contributed by atoms with E-state index in [9.17, 15) is 18.3 Å². The Bertz CT molecular complexity index is 1300. The summed E-state index contributed by atoms with van der Waals surface area (Å²) in [6, 6.07) is 22.8. The molecule has 0 saturated carbocycles. The Balaban J connectivity index is 1.50. The number of sulfonamides is 1. The molecule has 3 aromatic carbocycles. The molecule has 1 aliphatic carbocycles. The maximum absolute atomic E-state index is 13.1. The fraction of sp³-hybridized carbons (Fsp3) is 0.250. The Labute approximate surface area is 206 Å². The number of aryl methyl sites for hydroxylation is 1. The zero-order chi connectivity index (χ0) is 25.0. The third-order valence-electron chi connectivity index (χ3n) is 6.23. The molecule has 0 spiro atoms. The number of aliphatic hydroxyl groups is 1. The molecule has 0 unspecified atom stereocenters. The van der Waals surface area contributed by atoms with Gasteiger partial charge in [-0.25, -0.2) is 8.42 Å². The molecule has 0 bridgehead atoms. The van der Waals surface area contributed by atoms with Gasteiger partial charge in [0.05, 0.1) is 23.0 Å². The van der Waals surface area contributed by atoms with Crippen LogP contribution in [0.15, 0.2) is 89.8 Å². The molecule has 0 saturated heterocycles. The van der Waals surface area contributed by atoms with Crippen LogP contribution in [0.3, 0.4) is 0 Å². The molecule has 3 aromatic rings. The first-order valence-electron chi connectivity index (χ1n) is 11.5. The van der Waals surface area contributed by atoms with Crippen molar-refractivity contribution in [1.29, 1.82) is 0 Å². The summed E-state index contributed by atoms with van der Waals surface area (Å²) in [6.07, 6.45) is 1.91. The van der Waals surface area contributed by atoms with E-state index in [-0.39, 0.29) is 4.90 Å². The molecule has 35 heavy (non-hydrogen) atoms. The van der Waals surface area contributed by atoms with Gasteiger partial charge in [-0.1, -0.05) is 84.4 Å². The van der Waals surface area contributed by atoms with Crippen LogP contribution in [0.5, 0.6) is 0 Å². The molecule has 2 N–H and O–H groups in total. The number of carbonyl (C=O) groups excluding carboxylic acids is 1. The van der Waals surface area contributed by atoms with Crippen LogP contribution in [0.4, 0.5) is 0 Å². The standard InChI is InChI=1S/C28H29NO5S/c1-19-12-15-23(16-13-19)35(32,33)29-27-24-11-7-6-10-22(24)18-26(27)34-28(31)20(2)25(30)17-14-21-8-4-3-5-9-21/h3-17,20,25-27,29-30H,18H2,1-2H3/b17-14+/t20-,25-,26+,27-/m1/s1. The second-order valence-corrected chi connectivity index (χ2v) is 10.6. The maximum atomic E-state index is 13.1. The van der Waals surface area contributed by atoms with Crippen LogP contribution >= 0.6 is 0 Å². The number of hydrogen-bond acceptors (Lipinski definition) is 5. The van der Waals surface area contributed by atoms with Gasteiger partial charge in [-0.15, -0.1) is 0 Å². The Morgan fingerprint density at radius 3 is 2.40 bits per heavy atom. The normalized spacial score (nSPS) is 19.3. The summed E-state index contributed by atoms with van der Waals surface area (Å²) in [4.78, 5) is 13.1. The maximum Gasteiger partial charge on any atom is 0.311 e. The molecule has 0 fully saturated rings. The van der Waals surface area contributed by atoms with Crippen LogP contribution in [0.2, 0.25) is 0 Å². The lowest BCUT2D eigenvalue weighted by molar-refractivity contribution is -0.157. The van der Waals surface area contributed by atoms with Gasteiger partial charge < -0.3 is 9.84 Å². The topological polar surface area (TPSA) is 92.7 Å². The van der Waals surface area contributed by atoms with E-state index < -0.39 is 40.2 Å². The van der Waals surface area contributed by atoms with Gasteiger partial charge in [-0.2, -0.15) is 4.72 Å². The van der Waals surface area contributed by atoms with E-state index in [1.165, 1.54) is 0 Å². The average molecular weight is 492 g/mol. The third-order valence-corrected chi connectivity index (χ3v) is 7.69. The Morgan fingerprint density at radius 2 is 1.69 bits per heavy atom. The highest BCUT2D eigenvalue weighted by atomic mass is 32.2. The van der Waals surface area contributed by atoms with E-state index in [0.717, 1.165) is 22.3 Å². The van der Waals surface area contributed by atoms with E-state index in [2.05, 4.69) is 4.72 Å². The largest absolute Gasteiger partial charge is 0.460 e. The van der Waals surface area contributed by atoms with Crippen molar-refractivity contribution in [2.45, 2.75) is 43.4 Å². The van der Waals surface area contributed by atoms with Crippen molar-refractivity contribution in [3.05, 3.63) is 107 Å². The van der Waals surface area contributed by atoms with Crippen molar-refractivity contribution in [2.24, 2.45) is 5.92 Å². The first-order valence-corrected chi connectivity index (χ1v) is 13.0. The van der Waals surface area contributed by atoms with Gasteiger partial charge in [-0.05, 0) is 42.7 Å². The summed E-state index contributed by atoms with van der Waals surface area (Å²) in [5.74, 6) is -1.42. The molecule has 1 aliphatic rings. The van der Waals surface area contributed by atoms with Crippen molar-refractivity contribution < 1.29 is 23.1 Å². The molecule has 7 heteroatoms. The summed E-state index contributed by atoms with van der Waals surface area (Å²) in [6.45, 7) is 3.48. The number of ether oxygens (including phenoxy) is 1. The molecule has 182 valence electrons. The minimum absolute atomic E-state index is 0.146. The van der Waals surface area contributed by atoms with Crippen LogP contribution in [-0.2, 0) is 26.0 Å². The van der Waals surface area contributed by atoms with Crippen LogP contribution in [0.25, 0.3) is 6.08 Å². The zero-order valence-corrected chi connectivity index (χ0v) is 20.5. The lowest BCUT2D eigenvalue weighted by Gasteiger charge is -2.24. The molecular weight excluding hydrogens is 462 g/mol. The summed E-state index contributed by atoms with van der Waals surface area (Å²) < 4.78 is 34.7. The third kappa shape index (κ3) is 5.88. The minimum Gasteiger partial charge on any atom is -0.460 e. The predicted molar refractivity (Wildman–Crippen MR) is 135 cm³/mol. The molecule has 4 rings (SSSR count). The summed E-state index contributed by atoms with van der Waals surface area (Å²) in [5.41, 5.74) is 3.55. The summed E-state index contributed by atoms with van der Waals surface area (Å²) in [5, 5.41) is 10.5. The van der Waals surface area contributed by atoms with Crippen molar-refractivity contribution in [3.8, 4) is 0 Å². The van der Waals surface area contributed by atoms with Crippen molar-refractivity contribution in [3.63, 3.8) is 0 Å². The number of rotatable bonds is 8. The first-order chi connectivity index (χ1) is 16.7. The highest BCUT2D eigenvalue weighted by Gasteiger charge is 2.39. The molecule has 0 amide bonds. The van der Waals surface area contributed by atoms with Crippen molar-refractivity contribution >= 4 is 22.1 Å². The zero-order valence-electron chi connectivity index (χ0n) is 19.7. The number of hydrogen-bond donors (Lipinski definition) is 2. The number of carbonyl (C=O) groups is 1. The van der Waals surface area contributed by atoms with E-state index in [1.54, 1.807) is 43.3 Å². The fourth-order valence-corrected chi connectivity index (χ4v) is 5.34. The smallest absolute Gasteiger partial charge is 0.311 e. The van der Waals surface area contributed by atoms with Crippen LogP contribution in [0, 0.1) is 12.8 Å². The predicted octanol–water partition coefficient (Wildman–Crippen LogP) is 4.19. The van der Waals surface area contributed by atoms with Gasteiger partial charge in [-0.3, -0.25) is 4.79 Å². The van der Waals surface area contributed by atoms with Crippen LogP contribution in [0.1, 0.15) is 35.2 Å². The molecule has 0 radical (unpaired) electrons.